The molecule has 2 aliphatic rings. The Hall–Kier alpha value is -1.75. The zero-order valence-corrected chi connectivity index (χ0v) is 10.8. The molecule has 2 heterocycles. The van der Waals surface area contributed by atoms with E-state index in [2.05, 4.69) is 10.6 Å². The molecule has 1 fully saturated rings. The first-order valence-electron chi connectivity index (χ1n) is 6.74. The first-order chi connectivity index (χ1) is 9.31. The van der Waals surface area contributed by atoms with Crippen LogP contribution in [0.15, 0.2) is 18.2 Å². The summed E-state index contributed by atoms with van der Waals surface area (Å²) in [4.78, 5) is 11.9. The molecule has 1 unspecified atom stereocenters. The van der Waals surface area contributed by atoms with Crippen LogP contribution in [0.25, 0.3) is 0 Å². The molecule has 5 heteroatoms. The van der Waals surface area contributed by atoms with Crippen LogP contribution in [0.3, 0.4) is 0 Å². The van der Waals surface area contributed by atoms with Crippen LogP contribution >= 0.6 is 0 Å². The molecule has 3 rings (SSSR count). The van der Waals surface area contributed by atoms with Gasteiger partial charge in [0.1, 0.15) is 0 Å². The third-order valence-electron chi connectivity index (χ3n) is 3.54. The van der Waals surface area contributed by atoms with Gasteiger partial charge in [0.2, 0.25) is 12.7 Å². The lowest BCUT2D eigenvalue weighted by Gasteiger charge is -2.10. The minimum absolute atomic E-state index is 0.0487. The number of hydrogen-bond donors (Lipinski definition) is 2. The van der Waals surface area contributed by atoms with E-state index in [4.69, 9.17) is 9.47 Å². The molecule has 0 radical (unpaired) electrons. The van der Waals surface area contributed by atoms with E-state index in [-0.39, 0.29) is 12.7 Å². The third kappa shape index (κ3) is 2.98. The Labute approximate surface area is 112 Å². The molecule has 0 aliphatic carbocycles. The lowest BCUT2D eigenvalue weighted by Crippen LogP contribution is -2.23. The molecule has 1 aromatic carbocycles. The minimum Gasteiger partial charge on any atom is -0.454 e. The van der Waals surface area contributed by atoms with Crippen molar-refractivity contribution in [3.63, 3.8) is 0 Å². The van der Waals surface area contributed by atoms with Crippen molar-refractivity contribution in [1.82, 2.24) is 5.32 Å². The Kier molecular flexibility index (Phi) is 3.55. The van der Waals surface area contributed by atoms with Crippen LogP contribution in [-0.2, 0) is 4.79 Å². The molecule has 1 saturated heterocycles. The summed E-state index contributed by atoms with van der Waals surface area (Å²) in [5.41, 5.74) is 0.758. The maximum Gasteiger partial charge on any atom is 0.231 e. The van der Waals surface area contributed by atoms with E-state index in [1.54, 1.807) is 6.07 Å². The van der Waals surface area contributed by atoms with Crippen molar-refractivity contribution in [3.8, 4) is 11.5 Å². The number of carbonyl (C=O) groups is 1. The summed E-state index contributed by atoms with van der Waals surface area (Å²) in [7, 11) is 0. The average Bonchev–Trinajstić information content (AvgIpc) is 3.07. The van der Waals surface area contributed by atoms with Gasteiger partial charge in [0, 0.05) is 24.2 Å². The molecule has 0 bridgehead atoms. The molecule has 1 aromatic rings. The van der Waals surface area contributed by atoms with Gasteiger partial charge in [-0.25, -0.2) is 0 Å². The summed E-state index contributed by atoms with van der Waals surface area (Å²) in [5.74, 6) is 1.47. The summed E-state index contributed by atoms with van der Waals surface area (Å²) in [6.45, 7) is 1.33. The fourth-order valence-electron chi connectivity index (χ4n) is 2.51. The van der Waals surface area contributed by atoms with E-state index in [1.165, 1.54) is 12.8 Å². The molecule has 0 aromatic heterocycles. The van der Waals surface area contributed by atoms with E-state index < -0.39 is 0 Å². The zero-order valence-electron chi connectivity index (χ0n) is 10.8. The SMILES string of the molecule is O=C(CCC1CCCN1)Nc1ccc2c(c1)OCO2. The number of amides is 1. The largest absolute Gasteiger partial charge is 0.454 e. The molecule has 102 valence electrons. The molecule has 0 saturated carbocycles. The van der Waals surface area contributed by atoms with Gasteiger partial charge in [-0.05, 0) is 37.9 Å². The quantitative estimate of drug-likeness (QED) is 0.870. The van der Waals surface area contributed by atoms with Crippen LogP contribution in [0, 0.1) is 0 Å². The molecular weight excluding hydrogens is 244 g/mol. The smallest absolute Gasteiger partial charge is 0.231 e. The second-order valence-electron chi connectivity index (χ2n) is 4.95. The van der Waals surface area contributed by atoms with Crippen molar-refractivity contribution in [3.05, 3.63) is 18.2 Å². The first kappa shape index (κ1) is 12.3. The number of carbonyl (C=O) groups excluding carboxylic acids is 1. The highest BCUT2D eigenvalue weighted by Crippen LogP contribution is 2.34. The minimum atomic E-state index is 0.0487. The summed E-state index contributed by atoms with van der Waals surface area (Å²) in [6.07, 6.45) is 3.84. The standard InChI is InChI=1S/C14H18N2O3/c17-14(6-4-10-2-1-7-15-10)16-11-3-5-12-13(8-11)19-9-18-12/h3,5,8,10,15H,1-2,4,6-7,9H2,(H,16,17). The topological polar surface area (TPSA) is 59.6 Å². The second-order valence-corrected chi connectivity index (χ2v) is 4.95. The Bertz CT molecular complexity index is 470. The van der Waals surface area contributed by atoms with E-state index in [0.29, 0.717) is 18.2 Å². The molecular formula is C14H18N2O3. The van der Waals surface area contributed by atoms with Gasteiger partial charge in [-0.15, -0.1) is 0 Å². The van der Waals surface area contributed by atoms with Crippen LogP contribution in [0.4, 0.5) is 5.69 Å². The van der Waals surface area contributed by atoms with Gasteiger partial charge < -0.3 is 20.1 Å². The van der Waals surface area contributed by atoms with Crippen molar-refractivity contribution in [2.75, 3.05) is 18.7 Å². The lowest BCUT2D eigenvalue weighted by atomic mass is 10.1. The summed E-state index contributed by atoms with van der Waals surface area (Å²) in [5, 5.41) is 6.29. The monoisotopic (exact) mass is 262 g/mol. The fourth-order valence-corrected chi connectivity index (χ4v) is 2.51. The van der Waals surface area contributed by atoms with Gasteiger partial charge in [-0.2, -0.15) is 0 Å². The van der Waals surface area contributed by atoms with Crippen LogP contribution in [0.2, 0.25) is 0 Å². The van der Waals surface area contributed by atoms with Crippen LogP contribution in [0.1, 0.15) is 25.7 Å². The number of ether oxygens (including phenoxy) is 2. The van der Waals surface area contributed by atoms with Crippen molar-refractivity contribution in [1.29, 1.82) is 0 Å². The lowest BCUT2D eigenvalue weighted by molar-refractivity contribution is -0.116. The van der Waals surface area contributed by atoms with Gasteiger partial charge in [0.25, 0.3) is 0 Å². The van der Waals surface area contributed by atoms with E-state index in [9.17, 15) is 4.79 Å². The molecule has 2 aliphatic heterocycles. The zero-order chi connectivity index (χ0) is 13.1. The number of benzene rings is 1. The van der Waals surface area contributed by atoms with Crippen molar-refractivity contribution in [2.24, 2.45) is 0 Å². The van der Waals surface area contributed by atoms with E-state index >= 15 is 0 Å². The summed E-state index contributed by atoms with van der Waals surface area (Å²) < 4.78 is 10.5. The highest BCUT2D eigenvalue weighted by molar-refractivity contribution is 5.91. The van der Waals surface area contributed by atoms with Crippen molar-refractivity contribution in [2.45, 2.75) is 31.7 Å². The normalized spacial score (nSPS) is 20.5. The Morgan fingerprint density at radius 3 is 3.11 bits per heavy atom. The Morgan fingerprint density at radius 2 is 2.26 bits per heavy atom. The predicted molar refractivity (Wildman–Crippen MR) is 71.5 cm³/mol. The van der Waals surface area contributed by atoms with Crippen LogP contribution in [-0.4, -0.2) is 25.3 Å². The van der Waals surface area contributed by atoms with Crippen LogP contribution < -0.4 is 20.1 Å². The molecule has 19 heavy (non-hydrogen) atoms. The summed E-state index contributed by atoms with van der Waals surface area (Å²) in [6, 6.07) is 5.95. The van der Waals surface area contributed by atoms with E-state index in [0.717, 1.165) is 24.4 Å². The summed E-state index contributed by atoms with van der Waals surface area (Å²) >= 11 is 0. The third-order valence-corrected chi connectivity index (χ3v) is 3.54. The maximum atomic E-state index is 11.9. The van der Waals surface area contributed by atoms with E-state index in [1.807, 2.05) is 12.1 Å². The van der Waals surface area contributed by atoms with Gasteiger partial charge in [0.15, 0.2) is 11.5 Å². The van der Waals surface area contributed by atoms with Gasteiger partial charge >= 0.3 is 0 Å². The van der Waals surface area contributed by atoms with Crippen LogP contribution in [0.5, 0.6) is 11.5 Å². The van der Waals surface area contributed by atoms with Gasteiger partial charge in [-0.1, -0.05) is 0 Å². The van der Waals surface area contributed by atoms with Gasteiger partial charge in [0.05, 0.1) is 0 Å². The van der Waals surface area contributed by atoms with Crippen molar-refractivity contribution < 1.29 is 14.3 Å². The molecule has 5 nitrogen and oxygen atoms in total. The number of anilines is 1. The Morgan fingerprint density at radius 1 is 1.37 bits per heavy atom. The molecule has 0 spiro atoms. The second kappa shape index (κ2) is 5.48. The number of nitrogens with one attached hydrogen (secondary N) is 2. The maximum absolute atomic E-state index is 11.9. The first-order valence-corrected chi connectivity index (χ1v) is 6.74. The molecule has 2 N–H and O–H groups in total. The number of fused-ring (bicyclic) bond motifs is 1. The van der Waals surface area contributed by atoms with Crippen molar-refractivity contribution >= 4 is 11.6 Å². The van der Waals surface area contributed by atoms with Gasteiger partial charge in [-0.3, -0.25) is 4.79 Å². The fraction of sp³-hybridized carbons (Fsp3) is 0.500. The number of rotatable bonds is 4. The number of hydrogen-bond acceptors (Lipinski definition) is 4. The predicted octanol–water partition coefficient (Wildman–Crippen LogP) is 1.89. The average molecular weight is 262 g/mol. The molecule has 1 amide bonds. The molecule has 1 atom stereocenters. The Balaban J connectivity index is 1.51. The highest BCUT2D eigenvalue weighted by Gasteiger charge is 2.16. The highest BCUT2D eigenvalue weighted by atomic mass is 16.7.